The van der Waals surface area contributed by atoms with Gasteiger partial charge in [-0.05, 0) is 23.8 Å². The van der Waals surface area contributed by atoms with Crippen LogP contribution in [0.15, 0.2) is 42.6 Å². The van der Waals surface area contributed by atoms with Crippen LogP contribution in [0.4, 0.5) is 0 Å². The summed E-state index contributed by atoms with van der Waals surface area (Å²) in [5.74, 6) is 0.741. The first-order valence-electron chi connectivity index (χ1n) is 5.32. The number of carbonyl (C=O) groups is 1. The molecular formula is C14H17NO2. The standard InChI is InChI=1S/C14H17NO2/c1-15(2)10-9-13(16)8-7-12-5-4-6-14(11-12)17-3/h4-11H,1-3H3. The second-order valence-electron chi connectivity index (χ2n) is 3.79. The minimum Gasteiger partial charge on any atom is -0.497 e. The van der Waals surface area contributed by atoms with Gasteiger partial charge in [-0.15, -0.1) is 0 Å². The molecule has 0 saturated carbocycles. The molecule has 90 valence electrons. The van der Waals surface area contributed by atoms with E-state index in [1.54, 1.807) is 19.4 Å². The van der Waals surface area contributed by atoms with E-state index >= 15 is 0 Å². The highest BCUT2D eigenvalue weighted by Crippen LogP contribution is 2.13. The quantitative estimate of drug-likeness (QED) is 0.728. The molecule has 3 nitrogen and oxygen atoms in total. The molecule has 0 aliphatic heterocycles. The van der Waals surface area contributed by atoms with E-state index in [0.29, 0.717) is 0 Å². The fraction of sp³-hybridized carbons (Fsp3) is 0.214. The maximum atomic E-state index is 11.4. The summed E-state index contributed by atoms with van der Waals surface area (Å²) in [5.41, 5.74) is 0.941. The SMILES string of the molecule is COc1cccc(C=CC(=O)C=CN(C)C)c1. The van der Waals surface area contributed by atoms with Crippen molar-refractivity contribution in [2.75, 3.05) is 21.2 Å². The van der Waals surface area contributed by atoms with E-state index < -0.39 is 0 Å². The molecule has 1 rings (SSSR count). The number of nitrogens with zero attached hydrogens (tertiary/aromatic N) is 1. The number of hydrogen-bond donors (Lipinski definition) is 0. The minimum absolute atomic E-state index is 0.0403. The Morgan fingerprint density at radius 3 is 2.71 bits per heavy atom. The number of ketones is 1. The molecule has 0 aliphatic carbocycles. The van der Waals surface area contributed by atoms with Gasteiger partial charge in [-0.2, -0.15) is 0 Å². The number of ether oxygens (including phenoxy) is 1. The lowest BCUT2D eigenvalue weighted by Crippen LogP contribution is -2.01. The number of rotatable bonds is 5. The molecule has 1 aromatic carbocycles. The van der Waals surface area contributed by atoms with Gasteiger partial charge in [0.25, 0.3) is 0 Å². The van der Waals surface area contributed by atoms with Crippen LogP contribution in [0.1, 0.15) is 5.56 Å². The van der Waals surface area contributed by atoms with Gasteiger partial charge in [-0.3, -0.25) is 4.79 Å². The lowest BCUT2D eigenvalue weighted by Gasteiger charge is -2.01. The first kappa shape index (κ1) is 13.0. The summed E-state index contributed by atoms with van der Waals surface area (Å²) >= 11 is 0. The Balaban J connectivity index is 2.66. The van der Waals surface area contributed by atoms with Gasteiger partial charge in [-0.1, -0.05) is 18.2 Å². The van der Waals surface area contributed by atoms with Gasteiger partial charge in [0.15, 0.2) is 5.78 Å². The maximum absolute atomic E-state index is 11.4. The molecule has 0 radical (unpaired) electrons. The minimum atomic E-state index is -0.0403. The van der Waals surface area contributed by atoms with Gasteiger partial charge in [0.2, 0.25) is 0 Å². The molecule has 0 unspecified atom stereocenters. The molecule has 0 atom stereocenters. The molecule has 0 N–H and O–H groups in total. The number of hydrogen-bond acceptors (Lipinski definition) is 3. The van der Waals surface area contributed by atoms with Crippen molar-refractivity contribution in [2.24, 2.45) is 0 Å². The van der Waals surface area contributed by atoms with Crippen molar-refractivity contribution in [3.8, 4) is 5.75 Å². The Bertz CT molecular complexity index is 434. The summed E-state index contributed by atoms with van der Waals surface area (Å²) < 4.78 is 5.10. The maximum Gasteiger partial charge on any atom is 0.180 e. The van der Waals surface area contributed by atoms with E-state index in [4.69, 9.17) is 4.74 Å². The average molecular weight is 231 g/mol. The van der Waals surface area contributed by atoms with E-state index in [2.05, 4.69) is 0 Å². The number of allylic oxidation sites excluding steroid dienone is 2. The molecule has 0 aromatic heterocycles. The molecule has 1 aromatic rings. The van der Waals surface area contributed by atoms with Gasteiger partial charge in [0.1, 0.15) is 5.75 Å². The lowest BCUT2D eigenvalue weighted by atomic mass is 10.2. The van der Waals surface area contributed by atoms with Crippen LogP contribution in [-0.2, 0) is 4.79 Å². The van der Waals surface area contributed by atoms with Gasteiger partial charge < -0.3 is 9.64 Å². The third kappa shape index (κ3) is 5.02. The fourth-order valence-corrected chi connectivity index (χ4v) is 1.20. The monoisotopic (exact) mass is 231 g/mol. The van der Waals surface area contributed by atoms with E-state index in [1.165, 1.54) is 12.2 Å². The van der Waals surface area contributed by atoms with Crippen molar-refractivity contribution >= 4 is 11.9 Å². The van der Waals surface area contributed by atoms with E-state index in [0.717, 1.165) is 11.3 Å². The van der Waals surface area contributed by atoms with Crippen molar-refractivity contribution < 1.29 is 9.53 Å². The highest BCUT2D eigenvalue weighted by molar-refractivity contribution is 6.01. The normalized spacial score (nSPS) is 11.0. The molecule has 0 amide bonds. The smallest absolute Gasteiger partial charge is 0.180 e. The molecule has 0 spiro atoms. The predicted molar refractivity (Wildman–Crippen MR) is 69.9 cm³/mol. The van der Waals surface area contributed by atoms with Crippen LogP contribution in [0.5, 0.6) is 5.75 Å². The Labute approximate surface area is 102 Å². The zero-order valence-corrected chi connectivity index (χ0v) is 10.4. The number of benzene rings is 1. The highest BCUT2D eigenvalue weighted by atomic mass is 16.5. The van der Waals surface area contributed by atoms with Gasteiger partial charge in [-0.25, -0.2) is 0 Å². The summed E-state index contributed by atoms with van der Waals surface area (Å²) in [6.07, 6.45) is 6.55. The third-order valence-corrected chi connectivity index (χ3v) is 2.07. The Hall–Kier alpha value is -2.03. The Morgan fingerprint density at radius 1 is 1.29 bits per heavy atom. The van der Waals surface area contributed by atoms with Gasteiger partial charge in [0.05, 0.1) is 7.11 Å². The number of methoxy groups -OCH3 is 1. The molecule has 3 heteroatoms. The van der Waals surface area contributed by atoms with Crippen LogP contribution in [0.2, 0.25) is 0 Å². The summed E-state index contributed by atoms with van der Waals surface area (Å²) in [6, 6.07) is 7.55. The highest BCUT2D eigenvalue weighted by Gasteiger charge is 1.93. The summed E-state index contributed by atoms with van der Waals surface area (Å²) in [6.45, 7) is 0. The third-order valence-electron chi connectivity index (χ3n) is 2.07. The van der Waals surface area contributed by atoms with E-state index in [9.17, 15) is 4.79 Å². The van der Waals surface area contributed by atoms with Crippen LogP contribution in [0.25, 0.3) is 6.08 Å². The van der Waals surface area contributed by atoms with Crippen LogP contribution in [-0.4, -0.2) is 31.9 Å². The van der Waals surface area contributed by atoms with Crippen LogP contribution in [0, 0.1) is 0 Å². The van der Waals surface area contributed by atoms with Crippen LogP contribution < -0.4 is 4.74 Å². The Morgan fingerprint density at radius 2 is 2.06 bits per heavy atom. The van der Waals surface area contributed by atoms with Gasteiger partial charge >= 0.3 is 0 Å². The van der Waals surface area contributed by atoms with Crippen LogP contribution >= 0.6 is 0 Å². The largest absolute Gasteiger partial charge is 0.497 e. The lowest BCUT2D eigenvalue weighted by molar-refractivity contribution is -0.110. The molecule has 0 bridgehead atoms. The molecule has 0 aliphatic rings. The summed E-state index contributed by atoms with van der Waals surface area (Å²) in [4.78, 5) is 13.3. The first-order valence-corrected chi connectivity index (χ1v) is 5.32. The molecule has 0 fully saturated rings. The van der Waals surface area contributed by atoms with Crippen molar-refractivity contribution in [1.82, 2.24) is 4.90 Å². The summed E-state index contributed by atoms with van der Waals surface area (Å²) in [7, 11) is 5.36. The van der Waals surface area contributed by atoms with Crippen molar-refractivity contribution in [2.45, 2.75) is 0 Å². The molecular weight excluding hydrogens is 214 g/mol. The van der Waals surface area contributed by atoms with Crippen molar-refractivity contribution in [3.63, 3.8) is 0 Å². The molecule has 17 heavy (non-hydrogen) atoms. The number of carbonyl (C=O) groups excluding carboxylic acids is 1. The second-order valence-corrected chi connectivity index (χ2v) is 3.79. The first-order chi connectivity index (χ1) is 8.11. The van der Waals surface area contributed by atoms with Crippen LogP contribution in [0.3, 0.4) is 0 Å². The zero-order valence-electron chi connectivity index (χ0n) is 10.4. The van der Waals surface area contributed by atoms with E-state index in [-0.39, 0.29) is 5.78 Å². The summed E-state index contributed by atoms with van der Waals surface area (Å²) in [5, 5.41) is 0. The van der Waals surface area contributed by atoms with Crippen molar-refractivity contribution in [3.05, 3.63) is 48.2 Å². The molecule has 0 heterocycles. The van der Waals surface area contributed by atoms with Crippen molar-refractivity contribution in [1.29, 1.82) is 0 Å². The zero-order chi connectivity index (χ0) is 12.7. The van der Waals surface area contributed by atoms with E-state index in [1.807, 2.05) is 43.3 Å². The topological polar surface area (TPSA) is 29.5 Å². The Kier molecular flexibility index (Phi) is 5.01. The molecule has 0 saturated heterocycles. The van der Waals surface area contributed by atoms with Gasteiger partial charge in [0, 0.05) is 26.4 Å². The second kappa shape index (κ2) is 6.53. The average Bonchev–Trinajstić information content (AvgIpc) is 2.34. The predicted octanol–water partition coefficient (Wildman–Crippen LogP) is 2.35. The fourth-order valence-electron chi connectivity index (χ4n) is 1.20.